The van der Waals surface area contributed by atoms with Gasteiger partial charge in [0.2, 0.25) is 0 Å². The Morgan fingerprint density at radius 3 is 2.95 bits per heavy atom. The van der Waals surface area contributed by atoms with E-state index in [1.54, 1.807) is 6.20 Å². The normalized spacial score (nSPS) is 23.3. The summed E-state index contributed by atoms with van der Waals surface area (Å²) >= 11 is 9.61. The van der Waals surface area contributed by atoms with Gasteiger partial charge < -0.3 is 4.57 Å². The quantitative estimate of drug-likeness (QED) is 0.736. The van der Waals surface area contributed by atoms with Crippen LogP contribution in [0.3, 0.4) is 0 Å². The van der Waals surface area contributed by atoms with E-state index >= 15 is 0 Å². The van der Waals surface area contributed by atoms with E-state index in [-0.39, 0.29) is 22.9 Å². The molecule has 1 aliphatic heterocycles. The lowest BCUT2D eigenvalue weighted by molar-refractivity contribution is 0.464. The van der Waals surface area contributed by atoms with Crippen LogP contribution in [0, 0.1) is 0 Å². The smallest absolute Gasteiger partial charge is 0.160 e. The van der Waals surface area contributed by atoms with E-state index < -0.39 is 9.84 Å². The van der Waals surface area contributed by atoms with Crippen LogP contribution in [0.4, 0.5) is 0 Å². The number of aromatic nitrogens is 3. The van der Waals surface area contributed by atoms with Crippen molar-refractivity contribution in [1.82, 2.24) is 14.5 Å². The second-order valence-corrected chi connectivity index (χ2v) is 9.16. The molecule has 2 unspecified atom stereocenters. The Hall–Kier alpha value is -0.660. The Labute approximate surface area is 136 Å². The third-order valence-corrected chi connectivity index (χ3v) is 6.12. The van der Waals surface area contributed by atoms with Gasteiger partial charge in [-0.3, -0.25) is 0 Å². The second kappa shape index (κ2) is 5.52. The molecular formula is C13H15BrClN3O2S. The summed E-state index contributed by atoms with van der Waals surface area (Å²) in [5.41, 5.74) is 1.43. The molecule has 3 rings (SSSR count). The highest BCUT2D eigenvalue weighted by molar-refractivity contribution is 9.10. The van der Waals surface area contributed by atoms with E-state index in [0.717, 1.165) is 16.4 Å². The highest BCUT2D eigenvalue weighted by Crippen LogP contribution is 2.32. The van der Waals surface area contributed by atoms with Crippen molar-refractivity contribution in [2.24, 2.45) is 0 Å². The Morgan fingerprint density at radius 2 is 2.29 bits per heavy atom. The summed E-state index contributed by atoms with van der Waals surface area (Å²) in [5.74, 6) is 1.08. The summed E-state index contributed by atoms with van der Waals surface area (Å²) in [7, 11) is -3.01. The zero-order valence-electron chi connectivity index (χ0n) is 11.5. The number of alkyl halides is 1. The topological polar surface area (TPSA) is 64.8 Å². The molecule has 0 saturated carbocycles. The van der Waals surface area contributed by atoms with Crippen LogP contribution >= 0.6 is 27.5 Å². The Kier molecular flexibility index (Phi) is 4.00. The summed E-state index contributed by atoms with van der Waals surface area (Å²) in [6.45, 7) is 1.84. The van der Waals surface area contributed by atoms with Gasteiger partial charge in [0.15, 0.2) is 15.5 Å². The average Bonchev–Trinajstić information content (AvgIpc) is 2.76. The van der Waals surface area contributed by atoms with Gasteiger partial charge in [-0.1, -0.05) is 0 Å². The van der Waals surface area contributed by atoms with E-state index in [0.29, 0.717) is 17.9 Å². The monoisotopic (exact) mass is 391 g/mol. The molecule has 0 spiro atoms. The van der Waals surface area contributed by atoms with E-state index in [1.807, 2.05) is 17.6 Å². The number of rotatable bonds is 2. The molecule has 0 aromatic carbocycles. The Morgan fingerprint density at radius 1 is 1.52 bits per heavy atom. The fraction of sp³-hybridized carbons (Fsp3) is 0.538. The Bertz CT molecular complexity index is 788. The minimum absolute atomic E-state index is 0.132. The van der Waals surface area contributed by atoms with E-state index in [4.69, 9.17) is 11.6 Å². The predicted molar refractivity (Wildman–Crippen MR) is 86.4 cm³/mol. The summed E-state index contributed by atoms with van der Waals surface area (Å²) in [6.07, 6.45) is 3.17. The molecule has 2 aromatic rings. The second-order valence-electron chi connectivity index (χ2n) is 5.36. The first-order chi connectivity index (χ1) is 9.87. The van der Waals surface area contributed by atoms with Crippen molar-refractivity contribution in [2.75, 3.05) is 11.5 Å². The van der Waals surface area contributed by atoms with E-state index in [1.165, 1.54) is 0 Å². The van der Waals surface area contributed by atoms with E-state index in [2.05, 4.69) is 25.9 Å². The molecular weight excluding hydrogens is 378 g/mol. The average molecular weight is 393 g/mol. The summed E-state index contributed by atoms with van der Waals surface area (Å²) in [5, 5.41) is -0.303. The van der Waals surface area contributed by atoms with Crippen LogP contribution in [0.2, 0.25) is 0 Å². The number of nitrogens with zero attached hydrogens (tertiary/aromatic N) is 3. The number of pyridine rings is 1. The zero-order valence-corrected chi connectivity index (χ0v) is 14.6. The molecule has 3 heterocycles. The minimum atomic E-state index is -3.01. The molecule has 114 valence electrons. The standard InChI is InChI=1S/C13H15BrClN3O2S/c1-8(15)12-17-11-5-9(14)6-16-13(11)18(12)10-3-2-4-21(19,20)7-10/h5-6,8,10H,2-4,7H2,1H3. The first-order valence-corrected chi connectivity index (χ1v) is 9.80. The van der Waals surface area contributed by atoms with Crippen LogP contribution in [0.15, 0.2) is 16.7 Å². The molecule has 2 aromatic heterocycles. The van der Waals surface area contributed by atoms with Crippen molar-refractivity contribution in [3.63, 3.8) is 0 Å². The molecule has 5 nitrogen and oxygen atoms in total. The van der Waals surface area contributed by atoms with E-state index in [9.17, 15) is 8.42 Å². The van der Waals surface area contributed by atoms with Gasteiger partial charge in [0.25, 0.3) is 0 Å². The zero-order chi connectivity index (χ0) is 15.2. The molecule has 21 heavy (non-hydrogen) atoms. The van der Waals surface area contributed by atoms with Crippen molar-refractivity contribution in [1.29, 1.82) is 0 Å². The molecule has 0 bridgehead atoms. The lowest BCUT2D eigenvalue weighted by Gasteiger charge is -2.25. The Balaban J connectivity index is 2.17. The number of fused-ring (bicyclic) bond motifs is 1. The summed E-state index contributed by atoms with van der Waals surface area (Å²) in [4.78, 5) is 8.95. The summed E-state index contributed by atoms with van der Waals surface area (Å²) in [6, 6.07) is 1.73. The van der Waals surface area contributed by atoms with Crippen molar-refractivity contribution < 1.29 is 8.42 Å². The molecule has 0 radical (unpaired) electrons. The fourth-order valence-electron chi connectivity index (χ4n) is 2.82. The number of hydrogen-bond acceptors (Lipinski definition) is 4. The van der Waals surface area contributed by atoms with Gasteiger partial charge in [0, 0.05) is 10.7 Å². The molecule has 2 atom stereocenters. The van der Waals surface area contributed by atoms with Crippen molar-refractivity contribution >= 4 is 48.5 Å². The van der Waals surface area contributed by atoms with Crippen molar-refractivity contribution in [3.05, 3.63) is 22.6 Å². The first kappa shape index (κ1) is 15.2. The van der Waals surface area contributed by atoms with Crippen molar-refractivity contribution in [3.8, 4) is 0 Å². The van der Waals surface area contributed by atoms with Gasteiger partial charge in [-0.25, -0.2) is 18.4 Å². The van der Waals surface area contributed by atoms with Crippen LogP contribution in [-0.2, 0) is 9.84 Å². The third kappa shape index (κ3) is 2.96. The third-order valence-electron chi connectivity index (χ3n) is 3.68. The van der Waals surface area contributed by atoms with Gasteiger partial charge in [0.05, 0.1) is 22.9 Å². The molecule has 0 amide bonds. The van der Waals surface area contributed by atoms with Crippen LogP contribution in [0.25, 0.3) is 11.2 Å². The van der Waals surface area contributed by atoms with Gasteiger partial charge in [-0.2, -0.15) is 0 Å². The SMILES string of the molecule is CC(Cl)c1nc2cc(Br)cnc2n1C1CCCS(=O)(=O)C1. The molecule has 0 aliphatic carbocycles. The minimum Gasteiger partial charge on any atom is -0.307 e. The number of hydrogen-bond donors (Lipinski definition) is 0. The molecule has 1 fully saturated rings. The number of halogens is 2. The lowest BCUT2D eigenvalue weighted by Crippen LogP contribution is -2.28. The molecule has 0 N–H and O–H groups in total. The largest absolute Gasteiger partial charge is 0.307 e. The van der Waals surface area contributed by atoms with Crippen molar-refractivity contribution in [2.45, 2.75) is 31.2 Å². The summed E-state index contributed by atoms with van der Waals surface area (Å²) < 4.78 is 26.6. The molecule has 8 heteroatoms. The molecule has 1 aliphatic rings. The highest BCUT2D eigenvalue weighted by Gasteiger charge is 2.30. The number of sulfone groups is 1. The fourth-order valence-corrected chi connectivity index (χ4v) is 4.97. The maximum absolute atomic E-state index is 11.9. The molecule has 1 saturated heterocycles. The first-order valence-electron chi connectivity index (χ1n) is 6.75. The van der Waals surface area contributed by atoms with Crippen LogP contribution in [0.5, 0.6) is 0 Å². The van der Waals surface area contributed by atoms with Crippen LogP contribution in [-0.4, -0.2) is 34.5 Å². The maximum atomic E-state index is 11.9. The van der Waals surface area contributed by atoms with Gasteiger partial charge in [0.1, 0.15) is 11.3 Å². The maximum Gasteiger partial charge on any atom is 0.160 e. The lowest BCUT2D eigenvalue weighted by atomic mass is 10.2. The van der Waals surface area contributed by atoms with Gasteiger partial charge in [-0.15, -0.1) is 11.6 Å². The highest BCUT2D eigenvalue weighted by atomic mass is 79.9. The number of imidazole rings is 1. The predicted octanol–water partition coefficient (Wildman–Crippen LogP) is 3.24. The van der Waals surface area contributed by atoms with Crippen LogP contribution in [0.1, 0.15) is 37.0 Å². The van der Waals surface area contributed by atoms with Gasteiger partial charge >= 0.3 is 0 Å². The van der Waals surface area contributed by atoms with Crippen LogP contribution < -0.4 is 0 Å². The van der Waals surface area contributed by atoms with Gasteiger partial charge in [-0.05, 0) is 41.8 Å².